The van der Waals surface area contributed by atoms with E-state index in [9.17, 15) is 9.18 Å². The van der Waals surface area contributed by atoms with Crippen molar-refractivity contribution in [1.29, 1.82) is 0 Å². The predicted molar refractivity (Wildman–Crippen MR) is 120 cm³/mol. The van der Waals surface area contributed by atoms with Gasteiger partial charge in [0.15, 0.2) is 17.2 Å². The van der Waals surface area contributed by atoms with Crippen LogP contribution in [0.4, 0.5) is 4.39 Å². The van der Waals surface area contributed by atoms with E-state index < -0.39 is 0 Å². The number of fused-ring (bicyclic) bond motifs is 3. The van der Waals surface area contributed by atoms with E-state index in [0.717, 1.165) is 35.3 Å². The van der Waals surface area contributed by atoms with Crippen LogP contribution in [0, 0.1) is 5.82 Å². The number of aromatic nitrogens is 2. The molecule has 0 saturated carbocycles. The van der Waals surface area contributed by atoms with E-state index >= 15 is 0 Å². The van der Waals surface area contributed by atoms with Crippen LogP contribution in [-0.4, -0.2) is 62.0 Å². The lowest BCUT2D eigenvalue weighted by atomic mass is 10.1. The second-order valence-corrected chi connectivity index (χ2v) is 8.02. The van der Waals surface area contributed by atoms with Gasteiger partial charge in [-0.05, 0) is 69.0 Å². The molecule has 2 aromatic carbocycles. The van der Waals surface area contributed by atoms with Gasteiger partial charge in [-0.1, -0.05) is 0 Å². The molecule has 4 rings (SSSR count). The highest BCUT2D eigenvalue weighted by Crippen LogP contribution is 2.44. The van der Waals surface area contributed by atoms with Gasteiger partial charge < -0.3 is 19.7 Å². The molecule has 1 amide bonds. The fraction of sp³-hybridized carbons (Fsp3) is 0.333. The summed E-state index contributed by atoms with van der Waals surface area (Å²) in [6.45, 7) is 1.44. The number of hydrogen-bond acceptors (Lipinski definition) is 5. The van der Waals surface area contributed by atoms with Crippen molar-refractivity contribution < 1.29 is 18.7 Å². The Morgan fingerprint density at radius 1 is 1.16 bits per heavy atom. The fourth-order valence-electron chi connectivity index (χ4n) is 4.01. The first-order valence-corrected chi connectivity index (χ1v) is 10.5. The van der Waals surface area contributed by atoms with Crippen molar-refractivity contribution >= 4 is 5.91 Å². The van der Waals surface area contributed by atoms with E-state index in [2.05, 4.69) is 15.3 Å². The number of ether oxygens (including phenoxy) is 2. The Balaban J connectivity index is 1.76. The van der Waals surface area contributed by atoms with Crippen molar-refractivity contribution in [2.45, 2.75) is 12.8 Å². The number of amides is 1. The van der Waals surface area contributed by atoms with Crippen LogP contribution in [0.1, 0.15) is 28.0 Å². The Morgan fingerprint density at radius 2 is 1.84 bits per heavy atom. The Hall–Kier alpha value is -3.39. The molecular weight excluding hydrogens is 411 g/mol. The fourth-order valence-corrected chi connectivity index (χ4v) is 4.01. The zero-order valence-corrected chi connectivity index (χ0v) is 18.7. The summed E-state index contributed by atoms with van der Waals surface area (Å²) in [5, 5.41) is 7.62. The molecule has 8 heteroatoms. The summed E-state index contributed by atoms with van der Waals surface area (Å²) >= 11 is 0. The van der Waals surface area contributed by atoms with Gasteiger partial charge in [0.05, 0.1) is 25.6 Å². The van der Waals surface area contributed by atoms with Crippen molar-refractivity contribution in [3.63, 3.8) is 0 Å². The van der Waals surface area contributed by atoms with Gasteiger partial charge in [0.1, 0.15) is 5.82 Å². The number of carbonyl (C=O) groups excluding carboxylic acids is 1. The number of rotatable bonds is 8. The highest BCUT2D eigenvalue weighted by Gasteiger charge is 2.32. The van der Waals surface area contributed by atoms with Crippen LogP contribution in [-0.2, 0) is 6.42 Å². The third-order valence-electron chi connectivity index (χ3n) is 5.57. The number of nitrogens with zero attached hydrogens (tertiary/aromatic N) is 3. The van der Waals surface area contributed by atoms with E-state index in [4.69, 9.17) is 9.47 Å². The summed E-state index contributed by atoms with van der Waals surface area (Å²) in [5.74, 6) is 0.684. The average molecular weight is 439 g/mol. The lowest BCUT2D eigenvalue weighted by Crippen LogP contribution is -2.28. The van der Waals surface area contributed by atoms with Gasteiger partial charge in [-0.2, -0.15) is 5.10 Å². The van der Waals surface area contributed by atoms with Crippen molar-refractivity contribution in [3.05, 3.63) is 59.0 Å². The molecular formula is C24H27FN4O3. The van der Waals surface area contributed by atoms with E-state index in [1.807, 2.05) is 26.2 Å². The average Bonchev–Trinajstić information content (AvgIpc) is 3.33. The monoisotopic (exact) mass is 438 g/mol. The number of methoxy groups -OCH3 is 2. The first kappa shape index (κ1) is 21.8. The zero-order chi connectivity index (χ0) is 22.8. The van der Waals surface area contributed by atoms with Crippen molar-refractivity contribution in [1.82, 2.24) is 20.0 Å². The molecule has 0 unspecified atom stereocenters. The molecule has 0 saturated heterocycles. The maximum Gasteiger partial charge on any atom is 0.272 e. The maximum atomic E-state index is 13.5. The lowest BCUT2D eigenvalue weighted by Gasteiger charge is -2.12. The van der Waals surface area contributed by atoms with Crippen molar-refractivity contribution in [2.75, 3.05) is 41.4 Å². The summed E-state index contributed by atoms with van der Waals surface area (Å²) in [4.78, 5) is 15.1. The van der Waals surface area contributed by atoms with Gasteiger partial charge in [-0.15, -0.1) is 0 Å². The van der Waals surface area contributed by atoms with Crippen LogP contribution in [0.2, 0.25) is 0 Å². The third kappa shape index (κ3) is 4.05. The molecule has 0 radical (unpaired) electrons. The van der Waals surface area contributed by atoms with E-state index in [1.165, 1.54) is 12.1 Å². The number of hydrogen-bond donors (Lipinski definition) is 1. The van der Waals surface area contributed by atoms with Gasteiger partial charge in [0.2, 0.25) is 0 Å². The smallest absolute Gasteiger partial charge is 0.272 e. The molecule has 1 aliphatic rings. The standard InChI is InChI=1S/C24H27FN4O3/c1-28(2)11-5-10-26-24(30)22-19-12-15-13-20(31-3)21(32-4)14-18(15)23(19)29(27-22)17-8-6-16(25)7-9-17/h6-9,13-14H,5,10-12H2,1-4H3,(H,26,30). The van der Waals surface area contributed by atoms with Gasteiger partial charge in [0, 0.05) is 24.1 Å². The lowest BCUT2D eigenvalue weighted by molar-refractivity contribution is 0.0946. The molecule has 0 spiro atoms. The number of benzene rings is 2. The number of halogens is 1. The van der Waals surface area contributed by atoms with Crippen LogP contribution in [0.15, 0.2) is 36.4 Å². The van der Waals surface area contributed by atoms with E-state index in [1.54, 1.807) is 31.0 Å². The Kier molecular flexibility index (Phi) is 6.14. The van der Waals surface area contributed by atoms with Crippen molar-refractivity contribution in [3.8, 4) is 28.4 Å². The maximum absolute atomic E-state index is 13.5. The number of carbonyl (C=O) groups is 1. The minimum atomic E-state index is -0.330. The molecule has 0 aliphatic heterocycles. The Labute approximate surface area is 186 Å². The normalized spacial score (nSPS) is 11.9. The molecule has 0 atom stereocenters. The molecule has 0 bridgehead atoms. The zero-order valence-electron chi connectivity index (χ0n) is 18.7. The first-order valence-electron chi connectivity index (χ1n) is 10.5. The van der Waals surface area contributed by atoms with Gasteiger partial charge in [0.25, 0.3) is 5.91 Å². The molecule has 1 aromatic heterocycles. The summed E-state index contributed by atoms with van der Waals surface area (Å²) < 4.78 is 26.2. The minimum absolute atomic E-state index is 0.215. The van der Waals surface area contributed by atoms with E-state index in [0.29, 0.717) is 35.8 Å². The summed E-state index contributed by atoms with van der Waals surface area (Å²) in [5.41, 5.74) is 4.64. The Morgan fingerprint density at radius 3 is 2.50 bits per heavy atom. The second kappa shape index (κ2) is 9.00. The van der Waals surface area contributed by atoms with Crippen LogP contribution in [0.25, 0.3) is 16.9 Å². The van der Waals surface area contributed by atoms with Crippen LogP contribution in [0.3, 0.4) is 0 Å². The molecule has 32 heavy (non-hydrogen) atoms. The van der Waals surface area contributed by atoms with Gasteiger partial charge in [-0.3, -0.25) is 4.79 Å². The number of nitrogens with one attached hydrogen (secondary N) is 1. The molecule has 168 valence electrons. The largest absolute Gasteiger partial charge is 0.493 e. The molecule has 1 heterocycles. The summed E-state index contributed by atoms with van der Waals surface area (Å²) in [6.07, 6.45) is 1.39. The minimum Gasteiger partial charge on any atom is -0.493 e. The molecule has 1 N–H and O–H groups in total. The summed E-state index contributed by atoms with van der Waals surface area (Å²) in [6, 6.07) is 9.91. The molecule has 0 fully saturated rings. The highest BCUT2D eigenvalue weighted by molar-refractivity contribution is 5.97. The SMILES string of the molecule is COc1cc2c(cc1OC)-c1c(c(C(=O)NCCCN(C)C)nn1-c1ccc(F)cc1)C2. The predicted octanol–water partition coefficient (Wildman–Crippen LogP) is 3.28. The van der Waals surface area contributed by atoms with Crippen molar-refractivity contribution in [2.24, 2.45) is 0 Å². The van der Waals surface area contributed by atoms with Gasteiger partial charge >= 0.3 is 0 Å². The quantitative estimate of drug-likeness (QED) is 0.428. The summed E-state index contributed by atoms with van der Waals surface area (Å²) in [7, 11) is 7.18. The van der Waals surface area contributed by atoms with Crippen LogP contribution < -0.4 is 14.8 Å². The van der Waals surface area contributed by atoms with Crippen LogP contribution >= 0.6 is 0 Å². The van der Waals surface area contributed by atoms with Crippen LogP contribution in [0.5, 0.6) is 11.5 Å². The topological polar surface area (TPSA) is 68.6 Å². The molecule has 3 aromatic rings. The van der Waals surface area contributed by atoms with Gasteiger partial charge in [-0.25, -0.2) is 9.07 Å². The molecule has 7 nitrogen and oxygen atoms in total. The van der Waals surface area contributed by atoms with E-state index in [-0.39, 0.29) is 11.7 Å². The Bertz CT molecular complexity index is 1140. The third-order valence-corrected chi connectivity index (χ3v) is 5.57. The first-order chi connectivity index (χ1) is 15.4. The highest BCUT2D eigenvalue weighted by atomic mass is 19.1. The molecule has 1 aliphatic carbocycles. The second-order valence-electron chi connectivity index (χ2n) is 8.02.